The molecule has 0 amide bonds. The van der Waals surface area contributed by atoms with Crippen molar-refractivity contribution in [1.29, 1.82) is 0 Å². The molecule has 0 spiro atoms. The highest BCUT2D eigenvalue weighted by Gasteiger charge is 2.13. The van der Waals surface area contributed by atoms with Crippen LogP contribution in [0.4, 0.5) is 5.82 Å². The van der Waals surface area contributed by atoms with Gasteiger partial charge in [0.1, 0.15) is 17.0 Å². The lowest BCUT2D eigenvalue weighted by Gasteiger charge is -2.15. The Hall–Kier alpha value is -0.660. The van der Waals surface area contributed by atoms with Crippen molar-refractivity contribution in [2.24, 2.45) is 5.92 Å². The van der Waals surface area contributed by atoms with Crippen molar-refractivity contribution in [2.75, 3.05) is 38.2 Å². The van der Waals surface area contributed by atoms with Crippen LogP contribution in [0.25, 0.3) is 10.2 Å². The summed E-state index contributed by atoms with van der Waals surface area (Å²) < 4.78 is 5.53. The van der Waals surface area contributed by atoms with E-state index in [2.05, 4.69) is 26.7 Å². The fraction of sp³-hybridized carbons (Fsp3) is 0.500. The Morgan fingerprint density at radius 1 is 1.40 bits per heavy atom. The van der Waals surface area contributed by atoms with E-state index in [1.807, 2.05) is 5.38 Å². The Kier molecular flexibility index (Phi) is 7.47. The van der Waals surface area contributed by atoms with Crippen molar-refractivity contribution in [2.45, 2.75) is 0 Å². The smallest absolute Gasteiger partial charge is 0.138 e. The number of aromatic nitrogens is 2. The van der Waals surface area contributed by atoms with Crippen molar-refractivity contribution >= 4 is 52.2 Å². The zero-order valence-electron chi connectivity index (χ0n) is 10.9. The van der Waals surface area contributed by atoms with Crippen molar-refractivity contribution in [3.05, 3.63) is 17.8 Å². The molecule has 1 saturated heterocycles. The van der Waals surface area contributed by atoms with Gasteiger partial charge in [0.05, 0.1) is 18.6 Å². The molecule has 112 valence electrons. The van der Waals surface area contributed by atoms with Gasteiger partial charge in [-0.05, 0) is 11.4 Å². The van der Waals surface area contributed by atoms with Gasteiger partial charge >= 0.3 is 0 Å². The van der Waals surface area contributed by atoms with E-state index in [9.17, 15) is 0 Å². The Morgan fingerprint density at radius 2 is 2.30 bits per heavy atom. The van der Waals surface area contributed by atoms with Crippen LogP contribution in [0.3, 0.4) is 0 Å². The van der Waals surface area contributed by atoms with Crippen LogP contribution in [0, 0.1) is 5.92 Å². The summed E-state index contributed by atoms with van der Waals surface area (Å²) in [5.41, 5.74) is 0. The number of nitrogens with one attached hydrogen (secondary N) is 2. The van der Waals surface area contributed by atoms with Gasteiger partial charge in [-0.25, -0.2) is 9.97 Å². The summed E-state index contributed by atoms with van der Waals surface area (Å²) in [5.74, 6) is 1.40. The molecule has 2 N–H and O–H groups in total. The highest BCUT2D eigenvalue weighted by molar-refractivity contribution is 7.16. The van der Waals surface area contributed by atoms with Crippen molar-refractivity contribution < 1.29 is 4.74 Å². The topological polar surface area (TPSA) is 59.1 Å². The van der Waals surface area contributed by atoms with Crippen molar-refractivity contribution in [1.82, 2.24) is 15.3 Å². The van der Waals surface area contributed by atoms with Gasteiger partial charge in [-0.3, -0.25) is 0 Å². The zero-order chi connectivity index (χ0) is 12.2. The molecule has 1 fully saturated rings. The molecule has 2 aromatic heterocycles. The minimum atomic E-state index is 0. The summed E-state index contributed by atoms with van der Waals surface area (Å²) in [5, 5.41) is 9.92. The Labute approximate surface area is 134 Å². The highest BCUT2D eigenvalue weighted by Crippen LogP contribution is 2.23. The minimum absolute atomic E-state index is 0. The number of fused-ring (bicyclic) bond motifs is 1. The Morgan fingerprint density at radius 3 is 3.20 bits per heavy atom. The summed E-state index contributed by atoms with van der Waals surface area (Å²) in [6, 6.07) is 2.06. The standard InChI is InChI=1S/C12H16N4OS.2ClH/c1-4-18-12-10(1)11(15-8-16-12)14-6-9-5-13-2-3-17-7-9;;/h1,4,8-9,13H,2-3,5-7H2,(H,14,15,16);2*1H. The van der Waals surface area contributed by atoms with Crippen molar-refractivity contribution in [3.8, 4) is 0 Å². The van der Waals surface area contributed by atoms with Crippen LogP contribution in [0.15, 0.2) is 17.8 Å². The van der Waals surface area contributed by atoms with Gasteiger partial charge in [-0.1, -0.05) is 0 Å². The molecule has 20 heavy (non-hydrogen) atoms. The maximum absolute atomic E-state index is 5.53. The van der Waals surface area contributed by atoms with E-state index in [1.165, 1.54) is 0 Å². The fourth-order valence-corrected chi connectivity index (χ4v) is 2.80. The third kappa shape index (κ3) is 4.17. The molecule has 5 nitrogen and oxygen atoms in total. The Bertz CT molecular complexity index is 517. The molecule has 0 radical (unpaired) electrons. The number of rotatable bonds is 3. The molecule has 1 aliphatic rings. The number of ether oxygens (including phenoxy) is 1. The second kappa shape index (κ2) is 8.59. The average Bonchev–Trinajstić information content (AvgIpc) is 2.73. The molecule has 1 unspecified atom stereocenters. The molecule has 3 rings (SSSR count). The van der Waals surface area contributed by atoms with Gasteiger partial charge < -0.3 is 15.4 Å². The first-order chi connectivity index (χ1) is 8.93. The van der Waals surface area contributed by atoms with E-state index in [-0.39, 0.29) is 24.8 Å². The van der Waals surface area contributed by atoms with E-state index in [0.29, 0.717) is 5.92 Å². The summed E-state index contributed by atoms with van der Waals surface area (Å²) in [6.45, 7) is 4.41. The van der Waals surface area contributed by atoms with E-state index >= 15 is 0 Å². The quantitative estimate of drug-likeness (QED) is 0.899. The average molecular weight is 337 g/mol. The van der Waals surface area contributed by atoms with Crippen LogP contribution in [-0.4, -0.2) is 42.8 Å². The van der Waals surface area contributed by atoms with Gasteiger partial charge in [0.25, 0.3) is 0 Å². The molecular weight excluding hydrogens is 319 g/mol. The first-order valence-electron chi connectivity index (χ1n) is 6.14. The van der Waals surface area contributed by atoms with Gasteiger partial charge in [-0.2, -0.15) is 0 Å². The molecule has 0 saturated carbocycles. The van der Waals surface area contributed by atoms with E-state index < -0.39 is 0 Å². The first kappa shape index (κ1) is 17.4. The summed E-state index contributed by atoms with van der Waals surface area (Å²) in [7, 11) is 0. The van der Waals surface area contributed by atoms with E-state index in [1.54, 1.807) is 17.7 Å². The zero-order valence-corrected chi connectivity index (χ0v) is 13.3. The lowest BCUT2D eigenvalue weighted by Crippen LogP contribution is -2.28. The van der Waals surface area contributed by atoms with E-state index in [4.69, 9.17) is 4.74 Å². The molecule has 0 aliphatic carbocycles. The van der Waals surface area contributed by atoms with Gasteiger partial charge in [-0.15, -0.1) is 36.2 Å². The molecule has 3 heterocycles. The second-order valence-corrected chi connectivity index (χ2v) is 5.28. The van der Waals surface area contributed by atoms with E-state index in [0.717, 1.165) is 48.9 Å². The maximum atomic E-state index is 5.53. The number of halogens is 2. The number of anilines is 1. The van der Waals surface area contributed by atoms with Crippen LogP contribution >= 0.6 is 36.2 Å². The van der Waals surface area contributed by atoms with Gasteiger partial charge in [0, 0.05) is 25.6 Å². The molecule has 8 heteroatoms. The molecule has 1 aliphatic heterocycles. The maximum Gasteiger partial charge on any atom is 0.138 e. The third-order valence-electron chi connectivity index (χ3n) is 3.03. The predicted octanol–water partition coefficient (Wildman–Crippen LogP) is 2.18. The van der Waals surface area contributed by atoms with Crippen LogP contribution in [0.1, 0.15) is 0 Å². The number of hydrogen-bond acceptors (Lipinski definition) is 6. The molecule has 0 aromatic carbocycles. The SMILES string of the molecule is Cl.Cl.c1nc(NCC2CNCCOC2)c2ccsc2n1. The van der Waals surface area contributed by atoms with Crippen LogP contribution in [0.2, 0.25) is 0 Å². The third-order valence-corrected chi connectivity index (χ3v) is 3.85. The first-order valence-corrected chi connectivity index (χ1v) is 7.02. The lowest BCUT2D eigenvalue weighted by atomic mass is 10.1. The summed E-state index contributed by atoms with van der Waals surface area (Å²) >= 11 is 1.64. The number of nitrogens with zero attached hydrogens (tertiary/aromatic N) is 2. The van der Waals surface area contributed by atoms with Gasteiger partial charge in [0.2, 0.25) is 0 Å². The fourth-order valence-electron chi connectivity index (χ4n) is 2.06. The molecule has 0 bridgehead atoms. The second-order valence-electron chi connectivity index (χ2n) is 4.39. The lowest BCUT2D eigenvalue weighted by molar-refractivity contribution is 0.127. The molecular formula is C12H18Cl2N4OS. The normalized spacial score (nSPS) is 18.7. The predicted molar refractivity (Wildman–Crippen MR) is 87.6 cm³/mol. The molecule has 2 aromatic rings. The Balaban J connectivity index is 0.000001000. The van der Waals surface area contributed by atoms with Crippen molar-refractivity contribution in [3.63, 3.8) is 0 Å². The molecule has 1 atom stereocenters. The van der Waals surface area contributed by atoms with Crippen LogP contribution in [0.5, 0.6) is 0 Å². The summed E-state index contributed by atoms with van der Waals surface area (Å²) in [6.07, 6.45) is 1.61. The monoisotopic (exact) mass is 336 g/mol. The van der Waals surface area contributed by atoms with Crippen LogP contribution in [-0.2, 0) is 4.74 Å². The number of thiophene rings is 1. The number of hydrogen-bond donors (Lipinski definition) is 2. The van der Waals surface area contributed by atoms with Crippen LogP contribution < -0.4 is 10.6 Å². The minimum Gasteiger partial charge on any atom is -0.380 e. The highest BCUT2D eigenvalue weighted by atomic mass is 35.5. The van der Waals surface area contributed by atoms with Gasteiger partial charge in [0.15, 0.2) is 0 Å². The summed E-state index contributed by atoms with van der Waals surface area (Å²) in [4.78, 5) is 9.58. The largest absolute Gasteiger partial charge is 0.380 e.